The van der Waals surface area contributed by atoms with Gasteiger partial charge >= 0.3 is 6.18 Å². The minimum absolute atomic E-state index is 0.0160. The van der Waals surface area contributed by atoms with Crippen LogP contribution in [-0.4, -0.2) is 54.6 Å². The average molecular weight is 435 g/mol. The van der Waals surface area contributed by atoms with Gasteiger partial charge in [0.1, 0.15) is 0 Å². The predicted octanol–water partition coefficient (Wildman–Crippen LogP) is 4.70. The lowest BCUT2D eigenvalue weighted by Crippen LogP contribution is -2.49. The van der Waals surface area contributed by atoms with Gasteiger partial charge in [-0.2, -0.15) is 13.2 Å². The second kappa shape index (κ2) is 10.3. The zero-order valence-corrected chi connectivity index (χ0v) is 17.9. The largest absolute Gasteiger partial charge is 0.416 e. The first-order chi connectivity index (χ1) is 14.7. The number of amides is 1. The summed E-state index contributed by atoms with van der Waals surface area (Å²) in [5, 5.41) is 0. The van der Waals surface area contributed by atoms with Crippen LogP contribution in [0, 0.1) is 5.92 Å². The highest BCUT2D eigenvalue weighted by atomic mass is 19.4. The summed E-state index contributed by atoms with van der Waals surface area (Å²) in [6, 6.07) is 14.5. The van der Waals surface area contributed by atoms with Crippen LogP contribution in [0.5, 0.6) is 0 Å². The van der Waals surface area contributed by atoms with Gasteiger partial charge in [-0.15, -0.1) is 0 Å². The van der Waals surface area contributed by atoms with E-state index in [0.717, 1.165) is 17.7 Å². The molecule has 1 fully saturated rings. The molecule has 1 aliphatic rings. The third kappa shape index (κ3) is 6.80. The fourth-order valence-electron chi connectivity index (χ4n) is 3.78. The van der Waals surface area contributed by atoms with Gasteiger partial charge in [0.2, 0.25) is 0 Å². The molecule has 7 heteroatoms. The number of carbonyl (C=O) groups excluding carboxylic acids is 1. The molecule has 0 aliphatic carbocycles. The molecule has 0 saturated carbocycles. The van der Waals surface area contributed by atoms with Crippen LogP contribution in [0.4, 0.5) is 13.2 Å². The zero-order valence-electron chi connectivity index (χ0n) is 17.9. The molecule has 1 atom stereocenters. The van der Waals surface area contributed by atoms with E-state index in [2.05, 4.69) is 18.7 Å². The normalized spacial score (nSPS) is 17.7. The van der Waals surface area contributed by atoms with Crippen molar-refractivity contribution >= 4 is 5.91 Å². The maximum Gasteiger partial charge on any atom is 0.416 e. The van der Waals surface area contributed by atoms with Crippen molar-refractivity contribution in [3.8, 4) is 0 Å². The summed E-state index contributed by atoms with van der Waals surface area (Å²) in [5.74, 6) is 0.303. The molecule has 0 radical (unpaired) electrons. The SMILES string of the molecule is CC(C)CN(CC1CN(Cc2ccc(C(F)(F)F)cc2)CCO1)C(=O)c1ccccc1. The maximum atomic E-state index is 13.0. The average Bonchev–Trinajstić information content (AvgIpc) is 2.73. The standard InChI is InChI=1S/C24H29F3N2O2/c1-18(2)14-29(23(30)20-6-4-3-5-7-20)17-22-16-28(12-13-31-22)15-19-8-10-21(11-9-19)24(25,26)27/h3-11,18,22H,12-17H2,1-2H3. The van der Waals surface area contributed by atoms with Crippen LogP contribution < -0.4 is 0 Å². The van der Waals surface area contributed by atoms with Gasteiger partial charge in [0.25, 0.3) is 5.91 Å². The lowest BCUT2D eigenvalue weighted by atomic mass is 10.1. The highest BCUT2D eigenvalue weighted by Crippen LogP contribution is 2.29. The van der Waals surface area contributed by atoms with E-state index in [1.54, 1.807) is 0 Å². The smallest absolute Gasteiger partial charge is 0.374 e. The number of nitrogens with zero attached hydrogens (tertiary/aromatic N) is 2. The Morgan fingerprint density at radius 3 is 2.42 bits per heavy atom. The van der Waals surface area contributed by atoms with Gasteiger partial charge in [-0.1, -0.05) is 44.2 Å². The van der Waals surface area contributed by atoms with Crippen LogP contribution >= 0.6 is 0 Å². The van der Waals surface area contributed by atoms with Gasteiger partial charge in [0.15, 0.2) is 0 Å². The van der Waals surface area contributed by atoms with Crippen molar-refractivity contribution in [2.75, 3.05) is 32.8 Å². The number of morpholine rings is 1. The van der Waals surface area contributed by atoms with Crippen molar-refractivity contribution in [2.24, 2.45) is 5.92 Å². The molecule has 1 unspecified atom stereocenters. The summed E-state index contributed by atoms with van der Waals surface area (Å²) in [4.78, 5) is 17.0. The van der Waals surface area contributed by atoms with Crippen molar-refractivity contribution in [2.45, 2.75) is 32.7 Å². The molecule has 168 valence electrons. The number of ether oxygens (including phenoxy) is 1. The molecule has 1 heterocycles. The van der Waals surface area contributed by atoms with Gasteiger partial charge in [-0.25, -0.2) is 0 Å². The van der Waals surface area contributed by atoms with Crippen molar-refractivity contribution in [3.05, 3.63) is 71.3 Å². The predicted molar refractivity (Wildman–Crippen MR) is 114 cm³/mol. The first-order valence-electron chi connectivity index (χ1n) is 10.6. The van der Waals surface area contributed by atoms with Crippen molar-refractivity contribution < 1.29 is 22.7 Å². The first kappa shape index (κ1) is 23.3. The summed E-state index contributed by atoms with van der Waals surface area (Å²) >= 11 is 0. The summed E-state index contributed by atoms with van der Waals surface area (Å²) in [6.07, 6.45) is -4.47. The topological polar surface area (TPSA) is 32.8 Å². The van der Waals surface area contributed by atoms with E-state index in [1.807, 2.05) is 35.2 Å². The maximum absolute atomic E-state index is 13.0. The fourth-order valence-corrected chi connectivity index (χ4v) is 3.78. The Morgan fingerprint density at radius 2 is 1.81 bits per heavy atom. The Balaban J connectivity index is 1.62. The Kier molecular flexibility index (Phi) is 7.73. The number of hydrogen-bond donors (Lipinski definition) is 0. The van der Waals surface area contributed by atoms with Crippen LogP contribution in [0.15, 0.2) is 54.6 Å². The first-order valence-corrected chi connectivity index (χ1v) is 10.6. The van der Waals surface area contributed by atoms with Gasteiger partial charge in [-0.3, -0.25) is 9.69 Å². The number of alkyl halides is 3. The molecule has 2 aromatic carbocycles. The van der Waals surface area contributed by atoms with E-state index in [1.165, 1.54) is 12.1 Å². The van der Waals surface area contributed by atoms with Crippen LogP contribution in [0.3, 0.4) is 0 Å². The van der Waals surface area contributed by atoms with E-state index < -0.39 is 11.7 Å². The Labute approximate surface area is 181 Å². The summed E-state index contributed by atoms with van der Waals surface area (Å²) in [6.45, 7) is 7.66. The fraction of sp³-hybridized carbons (Fsp3) is 0.458. The molecule has 4 nitrogen and oxygen atoms in total. The monoisotopic (exact) mass is 434 g/mol. The molecule has 0 bridgehead atoms. The molecular formula is C24H29F3N2O2. The zero-order chi connectivity index (χ0) is 22.4. The number of halogens is 3. The molecule has 2 aromatic rings. The van der Waals surface area contributed by atoms with E-state index >= 15 is 0 Å². The van der Waals surface area contributed by atoms with Gasteiger partial charge in [0, 0.05) is 38.3 Å². The van der Waals surface area contributed by atoms with E-state index in [4.69, 9.17) is 4.74 Å². The van der Waals surface area contributed by atoms with Gasteiger partial charge in [-0.05, 0) is 35.7 Å². The van der Waals surface area contributed by atoms with Crippen LogP contribution in [0.2, 0.25) is 0 Å². The Morgan fingerprint density at radius 1 is 1.13 bits per heavy atom. The Bertz CT molecular complexity index is 838. The number of benzene rings is 2. The van der Waals surface area contributed by atoms with E-state index in [0.29, 0.717) is 50.8 Å². The third-order valence-corrected chi connectivity index (χ3v) is 5.23. The molecule has 0 N–H and O–H groups in total. The molecule has 1 aliphatic heterocycles. The summed E-state index contributed by atoms with van der Waals surface area (Å²) in [5.41, 5.74) is 0.841. The number of rotatable bonds is 7. The minimum Gasteiger partial charge on any atom is -0.374 e. The molecular weight excluding hydrogens is 405 g/mol. The molecule has 1 saturated heterocycles. The van der Waals surface area contributed by atoms with Crippen molar-refractivity contribution in [3.63, 3.8) is 0 Å². The molecule has 1 amide bonds. The van der Waals surface area contributed by atoms with Gasteiger partial charge < -0.3 is 9.64 Å². The second-order valence-corrected chi connectivity index (χ2v) is 8.39. The highest BCUT2D eigenvalue weighted by molar-refractivity contribution is 5.94. The van der Waals surface area contributed by atoms with Crippen molar-refractivity contribution in [1.29, 1.82) is 0 Å². The van der Waals surface area contributed by atoms with Crippen LogP contribution in [0.25, 0.3) is 0 Å². The minimum atomic E-state index is -4.33. The number of hydrogen-bond acceptors (Lipinski definition) is 3. The third-order valence-electron chi connectivity index (χ3n) is 5.23. The van der Waals surface area contributed by atoms with E-state index in [-0.39, 0.29) is 12.0 Å². The van der Waals surface area contributed by atoms with E-state index in [9.17, 15) is 18.0 Å². The molecule has 0 aromatic heterocycles. The lowest BCUT2D eigenvalue weighted by Gasteiger charge is -2.36. The molecule has 31 heavy (non-hydrogen) atoms. The summed E-state index contributed by atoms with van der Waals surface area (Å²) in [7, 11) is 0. The van der Waals surface area contributed by atoms with Gasteiger partial charge in [0.05, 0.1) is 18.3 Å². The highest BCUT2D eigenvalue weighted by Gasteiger charge is 2.30. The van der Waals surface area contributed by atoms with Crippen LogP contribution in [-0.2, 0) is 17.5 Å². The lowest BCUT2D eigenvalue weighted by molar-refractivity contribution is -0.137. The number of carbonyl (C=O) groups is 1. The quantitative estimate of drug-likeness (QED) is 0.633. The molecule has 3 rings (SSSR count). The second-order valence-electron chi connectivity index (χ2n) is 8.39. The van der Waals surface area contributed by atoms with Crippen molar-refractivity contribution in [1.82, 2.24) is 9.80 Å². The Hall–Kier alpha value is -2.38. The summed E-state index contributed by atoms with van der Waals surface area (Å²) < 4.78 is 44.2. The van der Waals surface area contributed by atoms with Crippen LogP contribution in [0.1, 0.15) is 35.3 Å². The molecule has 0 spiro atoms.